The van der Waals surface area contributed by atoms with Gasteiger partial charge in [0.1, 0.15) is 13.2 Å². The summed E-state index contributed by atoms with van der Waals surface area (Å²) >= 11 is 4.92. The number of nitrogens with zero attached hydrogens (tertiary/aromatic N) is 3. The maximum Gasteiger partial charge on any atom is 0.260 e. The Balaban J connectivity index is 1.67. The van der Waals surface area contributed by atoms with Crippen LogP contribution in [-0.2, 0) is 0 Å². The highest BCUT2D eigenvalue weighted by atomic mass is 79.9. The second-order valence-corrected chi connectivity index (χ2v) is 9.01. The minimum absolute atomic E-state index is 0.0485. The van der Waals surface area contributed by atoms with E-state index in [0.29, 0.717) is 36.2 Å². The normalized spacial score (nSPS) is 13.1. The number of rotatable bonds is 6. The third-order valence-corrected chi connectivity index (χ3v) is 6.17. The average molecular weight is 476 g/mol. The summed E-state index contributed by atoms with van der Waals surface area (Å²) in [5, 5.41) is 0.689. The molecule has 1 aromatic heterocycles. The van der Waals surface area contributed by atoms with E-state index in [1.165, 1.54) is 11.3 Å². The van der Waals surface area contributed by atoms with Crippen molar-refractivity contribution in [3.8, 4) is 11.5 Å². The standard InChI is InChI=1S/C21H22BrN3O3S/c1-24(2)8-3-9-25(20(26)14-4-6-15(22)7-5-14)21-23-16-12-17-18(13-19(16)29-21)28-11-10-27-17/h4-7,12-13H,3,8-11H2,1-2H3. The number of carbonyl (C=O) groups is 1. The van der Waals surface area contributed by atoms with E-state index in [1.54, 1.807) is 4.90 Å². The third-order valence-electron chi connectivity index (χ3n) is 4.60. The van der Waals surface area contributed by atoms with Gasteiger partial charge in [-0.05, 0) is 51.3 Å². The molecule has 1 aliphatic rings. The van der Waals surface area contributed by atoms with Crippen molar-refractivity contribution in [1.29, 1.82) is 0 Å². The Kier molecular flexibility index (Phi) is 6.03. The smallest absolute Gasteiger partial charge is 0.260 e. The van der Waals surface area contributed by atoms with Crippen molar-refractivity contribution in [2.24, 2.45) is 0 Å². The van der Waals surface area contributed by atoms with E-state index in [1.807, 2.05) is 50.5 Å². The Morgan fingerprint density at radius 2 is 1.79 bits per heavy atom. The van der Waals surface area contributed by atoms with Gasteiger partial charge in [-0.1, -0.05) is 27.3 Å². The minimum Gasteiger partial charge on any atom is -0.486 e. The fourth-order valence-corrected chi connectivity index (χ4v) is 4.41. The van der Waals surface area contributed by atoms with Crippen molar-refractivity contribution in [3.63, 3.8) is 0 Å². The van der Waals surface area contributed by atoms with Crippen LogP contribution in [0.15, 0.2) is 40.9 Å². The highest BCUT2D eigenvalue weighted by Crippen LogP contribution is 2.39. The van der Waals surface area contributed by atoms with E-state index in [0.717, 1.165) is 33.4 Å². The molecule has 1 aliphatic heterocycles. The summed E-state index contributed by atoms with van der Waals surface area (Å²) in [5.74, 6) is 1.39. The number of ether oxygens (including phenoxy) is 2. The maximum absolute atomic E-state index is 13.3. The zero-order valence-corrected chi connectivity index (χ0v) is 18.8. The van der Waals surface area contributed by atoms with E-state index in [2.05, 4.69) is 20.8 Å². The van der Waals surface area contributed by atoms with Gasteiger partial charge in [0.25, 0.3) is 5.91 Å². The van der Waals surface area contributed by atoms with Crippen LogP contribution in [0.3, 0.4) is 0 Å². The molecule has 2 aromatic carbocycles. The minimum atomic E-state index is -0.0485. The van der Waals surface area contributed by atoms with Gasteiger partial charge in [-0.25, -0.2) is 4.98 Å². The molecule has 29 heavy (non-hydrogen) atoms. The molecule has 8 heteroatoms. The van der Waals surface area contributed by atoms with Gasteiger partial charge in [0.15, 0.2) is 16.6 Å². The lowest BCUT2D eigenvalue weighted by atomic mass is 10.2. The summed E-state index contributed by atoms with van der Waals surface area (Å²) in [4.78, 5) is 21.9. The molecule has 0 N–H and O–H groups in total. The largest absolute Gasteiger partial charge is 0.486 e. The van der Waals surface area contributed by atoms with Crippen LogP contribution in [-0.4, -0.2) is 56.2 Å². The summed E-state index contributed by atoms with van der Waals surface area (Å²) < 4.78 is 13.3. The SMILES string of the molecule is CN(C)CCCN(C(=O)c1ccc(Br)cc1)c1nc2cc3c(cc2s1)OCCO3. The topological polar surface area (TPSA) is 54.9 Å². The van der Waals surface area contributed by atoms with E-state index in [9.17, 15) is 4.79 Å². The van der Waals surface area contributed by atoms with Crippen LogP contribution in [0.25, 0.3) is 10.2 Å². The van der Waals surface area contributed by atoms with Crippen molar-refractivity contribution in [1.82, 2.24) is 9.88 Å². The lowest BCUT2D eigenvalue weighted by Crippen LogP contribution is -2.33. The molecule has 0 bridgehead atoms. The molecular weight excluding hydrogens is 454 g/mol. The van der Waals surface area contributed by atoms with Crippen LogP contribution >= 0.6 is 27.3 Å². The molecule has 4 rings (SSSR count). The Bertz CT molecular complexity index is 977. The van der Waals surface area contributed by atoms with E-state index in [4.69, 9.17) is 14.5 Å². The number of benzene rings is 2. The molecule has 0 spiro atoms. The molecule has 3 aromatic rings. The predicted molar refractivity (Wildman–Crippen MR) is 120 cm³/mol. The van der Waals surface area contributed by atoms with Crippen LogP contribution in [0.5, 0.6) is 11.5 Å². The molecule has 0 fully saturated rings. The number of aromatic nitrogens is 1. The fourth-order valence-electron chi connectivity index (χ4n) is 3.15. The average Bonchev–Trinajstić information content (AvgIpc) is 3.11. The quantitative estimate of drug-likeness (QED) is 0.527. The molecule has 0 atom stereocenters. The molecule has 0 aliphatic carbocycles. The fraction of sp³-hybridized carbons (Fsp3) is 0.333. The zero-order valence-electron chi connectivity index (χ0n) is 16.4. The summed E-state index contributed by atoms with van der Waals surface area (Å²) in [5.41, 5.74) is 1.46. The van der Waals surface area contributed by atoms with Crippen molar-refractivity contribution < 1.29 is 14.3 Å². The first-order chi connectivity index (χ1) is 14.0. The first-order valence-electron chi connectivity index (χ1n) is 9.43. The maximum atomic E-state index is 13.3. The van der Waals surface area contributed by atoms with Crippen molar-refractivity contribution in [2.45, 2.75) is 6.42 Å². The lowest BCUT2D eigenvalue weighted by Gasteiger charge is -2.21. The molecule has 2 heterocycles. The molecule has 0 saturated heterocycles. The molecule has 0 radical (unpaired) electrons. The van der Waals surface area contributed by atoms with E-state index in [-0.39, 0.29) is 5.91 Å². The van der Waals surface area contributed by atoms with Gasteiger partial charge in [0.05, 0.1) is 10.2 Å². The predicted octanol–water partition coefficient (Wildman–Crippen LogP) is 4.43. The Morgan fingerprint density at radius 1 is 1.10 bits per heavy atom. The molecular formula is C21H22BrN3O3S. The number of hydrogen-bond donors (Lipinski definition) is 0. The first kappa shape index (κ1) is 20.1. The van der Waals surface area contributed by atoms with Crippen LogP contribution < -0.4 is 14.4 Å². The van der Waals surface area contributed by atoms with Crippen LogP contribution in [0.4, 0.5) is 5.13 Å². The summed E-state index contributed by atoms with van der Waals surface area (Å²) in [6.45, 7) is 2.57. The van der Waals surface area contributed by atoms with Gasteiger partial charge in [0.2, 0.25) is 0 Å². The van der Waals surface area contributed by atoms with Gasteiger partial charge in [-0.3, -0.25) is 9.69 Å². The molecule has 1 amide bonds. The number of fused-ring (bicyclic) bond motifs is 2. The van der Waals surface area contributed by atoms with Crippen molar-refractivity contribution in [2.75, 3.05) is 45.3 Å². The highest BCUT2D eigenvalue weighted by Gasteiger charge is 2.23. The van der Waals surface area contributed by atoms with Crippen molar-refractivity contribution >= 4 is 48.5 Å². The highest BCUT2D eigenvalue weighted by molar-refractivity contribution is 9.10. The molecule has 0 unspecified atom stereocenters. The Morgan fingerprint density at radius 3 is 2.48 bits per heavy atom. The number of hydrogen-bond acceptors (Lipinski definition) is 6. The van der Waals surface area contributed by atoms with Crippen molar-refractivity contribution in [3.05, 3.63) is 46.4 Å². The van der Waals surface area contributed by atoms with Gasteiger partial charge in [-0.2, -0.15) is 0 Å². The lowest BCUT2D eigenvalue weighted by molar-refractivity contribution is 0.0986. The second-order valence-electron chi connectivity index (χ2n) is 7.08. The zero-order chi connectivity index (χ0) is 20.4. The number of thiazole rings is 1. The summed E-state index contributed by atoms with van der Waals surface area (Å²) in [7, 11) is 4.06. The second kappa shape index (κ2) is 8.69. The monoisotopic (exact) mass is 475 g/mol. The molecule has 0 saturated carbocycles. The number of anilines is 1. The van der Waals surface area contributed by atoms with Gasteiger partial charge < -0.3 is 14.4 Å². The van der Waals surface area contributed by atoms with E-state index >= 15 is 0 Å². The van der Waals surface area contributed by atoms with Gasteiger partial charge in [-0.15, -0.1) is 0 Å². The van der Waals surface area contributed by atoms with E-state index < -0.39 is 0 Å². The Hall–Kier alpha value is -2.16. The number of halogens is 1. The third kappa shape index (κ3) is 4.55. The summed E-state index contributed by atoms with van der Waals surface area (Å²) in [6.07, 6.45) is 0.855. The number of amides is 1. The Labute approximate surface area is 182 Å². The van der Waals surface area contributed by atoms with Crippen LogP contribution in [0, 0.1) is 0 Å². The van der Waals surface area contributed by atoms with Crippen LogP contribution in [0.1, 0.15) is 16.8 Å². The first-order valence-corrected chi connectivity index (χ1v) is 11.0. The van der Waals surface area contributed by atoms with Crippen LogP contribution in [0.2, 0.25) is 0 Å². The molecule has 152 valence electrons. The molecule has 6 nitrogen and oxygen atoms in total. The van der Waals surface area contributed by atoms with Gasteiger partial charge >= 0.3 is 0 Å². The van der Waals surface area contributed by atoms with Gasteiger partial charge in [0, 0.05) is 28.7 Å². The number of carbonyl (C=O) groups excluding carboxylic acids is 1. The summed E-state index contributed by atoms with van der Waals surface area (Å²) in [6, 6.07) is 11.3.